The van der Waals surface area contributed by atoms with E-state index in [0.29, 0.717) is 23.9 Å². The first kappa shape index (κ1) is 16.9. The highest BCUT2D eigenvalue weighted by Gasteiger charge is 2.32. The van der Waals surface area contributed by atoms with Crippen molar-refractivity contribution < 1.29 is 4.79 Å². The number of aromatic nitrogens is 3. The van der Waals surface area contributed by atoms with Gasteiger partial charge in [0, 0.05) is 19.0 Å². The van der Waals surface area contributed by atoms with Crippen LogP contribution in [-0.2, 0) is 6.42 Å². The summed E-state index contributed by atoms with van der Waals surface area (Å²) in [4.78, 5) is 16.9. The second kappa shape index (κ2) is 7.32. The summed E-state index contributed by atoms with van der Waals surface area (Å²) in [7, 11) is 0. The van der Waals surface area contributed by atoms with Gasteiger partial charge in [0.15, 0.2) is 0 Å². The molecule has 0 spiro atoms. The van der Waals surface area contributed by atoms with E-state index in [1.54, 1.807) is 10.7 Å². The molecule has 3 rings (SSSR count). The fraction of sp³-hybridized carbons (Fsp3) is 0.471. The van der Waals surface area contributed by atoms with E-state index in [4.69, 9.17) is 17.3 Å². The number of benzene rings is 1. The van der Waals surface area contributed by atoms with E-state index in [9.17, 15) is 4.79 Å². The molecule has 1 unspecified atom stereocenters. The van der Waals surface area contributed by atoms with Crippen LogP contribution >= 0.6 is 11.6 Å². The summed E-state index contributed by atoms with van der Waals surface area (Å²) in [5, 5.41) is 7.93. The molecule has 7 heteroatoms. The number of hydrogen-bond acceptors (Lipinski definition) is 4. The summed E-state index contributed by atoms with van der Waals surface area (Å²) in [5.41, 5.74) is 6.48. The average molecular weight is 348 g/mol. The molecule has 1 aliphatic rings. The van der Waals surface area contributed by atoms with Gasteiger partial charge in [0.25, 0.3) is 5.91 Å². The Hall–Kier alpha value is -1.92. The zero-order valence-corrected chi connectivity index (χ0v) is 14.5. The number of hydrogen-bond donors (Lipinski definition) is 2. The van der Waals surface area contributed by atoms with E-state index in [1.807, 2.05) is 18.2 Å². The standard InChI is InChI=1S/C17H22ClN5O/c1-2-5-15-21-16(17(24)20-13(10-19)11-8-9-11)22-23(15)14-7-4-3-6-12(14)18/h3-4,6-7,11,13H,2,5,8-10,19H2,1H3,(H,20,24). The number of amides is 1. The minimum absolute atomic E-state index is 0.000566. The third kappa shape index (κ3) is 3.60. The number of nitrogens with two attached hydrogens (primary N) is 1. The second-order valence-electron chi connectivity index (χ2n) is 6.12. The van der Waals surface area contributed by atoms with Gasteiger partial charge in [-0.2, -0.15) is 0 Å². The molecule has 1 aromatic heterocycles. The Labute approximate surface area is 146 Å². The lowest BCUT2D eigenvalue weighted by Crippen LogP contribution is -2.42. The van der Waals surface area contributed by atoms with Gasteiger partial charge in [-0.15, -0.1) is 5.10 Å². The molecule has 1 heterocycles. The van der Waals surface area contributed by atoms with Crippen LogP contribution < -0.4 is 11.1 Å². The second-order valence-corrected chi connectivity index (χ2v) is 6.53. The molecule has 0 bridgehead atoms. The van der Waals surface area contributed by atoms with Gasteiger partial charge in [0.05, 0.1) is 10.7 Å². The van der Waals surface area contributed by atoms with E-state index < -0.39 is 0 Å². The van der Waals surface area contributed by atoms with Gasteiger partial charge in [-0.3, -0.25) is 4.79 Å². The molecule has 1 saturated carbocycles. The van der Waals surface area contributed by atoms with Crippen molar-refractivity contribution in [2.75, 3.05) is 6.54 Å². The Bertz CT molecular complexity index is 726. The minimum Gasteiger partial charge on any atom is -0.345 e. The summed E-state index contributed by atoms with van der Waals surface area (Å²) in [6, 6.07) is 7.41. The third-order valence-corrected chi connectivity index (χ3v) is 4.51. The average Bonchev–Trinajstić information content (AvgIpc) is 3.34. The smallest absolute Gasteiger partial charge is 0.291 e. The Kier molecular flexibility index (Phi) is 5.16. The minimum atomic E-state index is -0.277. The van der Waals surface area contributed by atoms with Crippen molar-refractivity contribution in [3.63, 3.8) is 0 Å². The van der Waals surface area contributed by atoms with Crippen LogP contribution in [0.4, 0.5) is 0 Å². The van der Waals surface area contributed by atoms with E-state index in [1.165, 1.54) is 0 Å². The van der Waals surface area contributed by atoms with E-state index in [0.717, 1.165) is 30.8 Å². The SMILES string of the molecule is CCCc1nc(C(=O)NC(CN)C2CC2)nn1-c1ccccc1Cl. The molecule has 24 heavy (non-hydrogen) atoms. The van der Waals surface area contributed by atoms with Gasteiger partial charge in [-0.05, 0) is 37.3 Å². The van der Waals surface area contributed by atoms with Crippen LogP contribution in [0.2, 0.25) is 5.02 Å². The lowest BCUT2D eigenvalue weighted by Gasteiger charge is -2.14. The molecular formula is C17H22ClN5O. The van der Waals surface area contributed by atoms with Crippen LogP contribution in [0.5, 0.6) is 0 Å². The predicted molar refractivity (Wildman–Crippen MR) is 93.4 cm³/mol. The number of nitrogens with one attached hydrogen (secondary N) is 1. The Balaban J connectivity index is 1.88. The molecule has 1 aliphatic carbocycles. The first-order valence-corrected chi connectivity index (χ1v) is 8.73. The van der Waals surface area contributed by atoms with Crippen molar-refractivity contribution in [3.05, 3.63) is 40.9 Å². The highest BCUT2D eigenvalue weighted by Crippen LogP contribution is 2.32. The molecule has 3 N–H and O–H groups in total. The van der Waals surface area contributed by atoms with E-state index >= 15 is 0 Å². The van der Waals surface area contributed by atoms with Crippen molar-refractivity contribution in [2.24, 2.45) is 11.7 Å². The van der Waals surface area contributed by atoms with Gasteiger partial charge >= 0.3 is 0 Å². The quantitative estimate of drug-likeness (QED) is 0.805. The number of carbonyl (C=O) groups is 1. The lowest BCUT2D eigenvalue weighted by atomic mass is 10.2. The zero-order valence-electron chi connectivity index (χ0n) is 13.7. The van der Waals surface area contributed by atoms with Gasteiger partial charge in [0.2, 0.25) is 5.82 Å². The maximum absolute atomic E-state index is 12.5. The highest BCUT2D eigenvalue weighted by atomic mass is 35.5. The van der Waals surface area contributed by atoms with Crippen LogP contribution in [-0.4, -0.2) is 33.3 Å². The summed E-state index contributed by atoms with van der Waals surface area (Å²) >= 11 is 6.27. The van der Waals surface area contributed by atoms with Crippen molar-refractivity contribution in [1.29, 1.82) is 0 Å². The molecule has 2 aromatic rings. The number of carbonyl (C=O) groups excluding carboxylic acids is 1. The normalized spacial score (nSPS) is 15.3. The molecule has 1 atom stereocenters. The first-order valence-electron chi connectivity index (χ1n) is 8.35. The van der Waals surface area contributed by atoms with Crippen molar-refractivity contribution in [2.45, 2.75) is 38.6 Å². The van der Waals surface area contributed by atoms with Crippen LogP contribution in [0.1, 0.15) is 42.6 Å². The largest absolute Gasteiger partial charge is 0.345 e. The molecule has 0 radical (unpaired) electrons. The maximum Gasteiger partial charge on any atom is 0.291 e. The van der Waals surface area contributed by atoms with Gasteiger partial charge in [0.1, 0.15) is 5.82 Å². The molecule has 1 aromatic carbocycles. The first-order chi connectivity index (χ1) is 11.6. The Morgan fingerprint density at radius 2 is 2.21 bits per heavy atom. The van der Waals surface area contributed by atoms with Crippen LogP contribution in [0, 0.1) is 5.92 Å². The van der Waals surface area contributed by atoms with E-state index in [-0.39, 0.29) is 17.8 Å². The van der Waals surface area contributed by atoms with Crippen LogP contribution in [0.15, 0.2) is 24.3 Å². The zero-order chi connectivity index (χ0) is 17.1. The lowest BCUT2D eigenvalue weighted by molar-refractivity contribution is 0.0923. The van der Waals surface area contributed by atoms with Crippen molar-refractivity contribution in [3.8, 4) is 5.69 Å². The maximum atomic E-state index is 12.5. The Morgan fingerprint density at radius 1 is 1.46 bits per heavy atom. The number of aryl methyl sites for hydroxylation is 1. The van der Waals surface area contributed by atoms with Gasteiger partial charge in [-0.25, -0.2) is 9.67 Å². The predicted octanol–water partition coefficient (Wildman–Crippen LogP) is 2.34. The summed E-state index contributed by atoms with van der Waals surface area (Å²) in [6.07, 6.45) is 3.85. The summed E-state index contributed by atoms with van der Waals surface area (Å²) in [5.74, 6) is 1.10. The van der Waals surface area contributed by atoms with Crippen molar-refractivity contribution >= 4 is 17.5 Å². The Morgan fingerprint density at radius 3 is 2.83 bits per heavy atom. The molecule has 6 nitrogen and oxygen atoms in total. The third-order valence-electron chi connectivity index (χ3n) is 4.19. The number of halogens is 1. The van der Waals surface area contributed by atoms with Crippen LogP contribution in [0.25, 0.3) is 5.69 Å². The molecular weight excluding hydrogens is 326 g/mol. The monoisotopic (exact) mass is 347 g/mol. The fourth-order valence-electron chi connectivity index (χ4n) is 2.74. The number of rotatable bonds is 7. The number of para-hydroxylation sites is 1. The van der Waals surface area contributed by atoms with Gasteiger partial charge in [-0.1, -0.05) is 30.7 Å². The topological polar surface area (TPSA) is 85.8 Å². The van der Waals surface area contributed by atoms with Crippen LogP contribution in [0.3, 0.4) is 0 Å². The summed E-state index contributed by atoms with van der Waals surface area (Å²) < 4.78 is 1.66. The van der Waals surface area contributed by atoms with Crippen molar-refractivity contribution in [1.82, 2.24) is 20.1 Å². The molecule has 128 valence electrons. The summed E-state index contributed by atoms with van der Waals surface area (Å²) in [6.45, 7) is 2.49. The van der Waals surface area contributed by atoms with E-state index in [2.05, 4.69) is 22.3 Å². The molecule has 1 fully saturated rings. The van der Waals surface area contributed by atoms with Gasteiger partial charge < -0.3 is 11.1 Å². The highest BCUT2D eigenvalue weighted by molar-refractivity contribution is 6.32. The molecule has 0 saturated heterocycles. The molecule has 1 amide bonds. The fourth-order valence-corrected chi connectivity index (χ4v) is 2.96. The number of nitrogens with zero attached hydrogens (tertiary/aromatic N) is 3. The molecule has 0 aliphatic heterocycles.